The van der Waals surface area contributed by atoms with Crippen molar-refractivity contribution in [2.24, 2.45) is 5.92 Å². The van der Waals surface area contributed by atoms with Crippen LogP contribution in [-0.4, -0.2) is 29.6 Å². The number of rotatable bonds is 3. The number of halogens is 2. The lowest BCUT2D eigenvalue weighted by molar-refractivity contribution is 0.117. The van der Waals surface area contributed by atoms with Crippen LogP contribution in [0.3, 0.4) is 0 Å². The molecule has 1 aliphatic carbocycles. The van der Waals surface area contributed by atoms with Crippen LogP contribution in [-0.2, 0) is 6.42 Å². The van der Waals surface area contributed by atoms with Gasteiger partial charge >= 0.3 is 0 Å². The zero-order valence-electron chi connectivity index (χ0n) is 15.7. The zero-order chi connectivity index (χ0) is 17.9. The van der Waals surface area contributed by atoms with E-state index in [1.54, 1.807) is 0 Å². The van der Waals surface area contributed by atoms with Crippen LogP contribution in [0.5, 0.6) is 0 Å². The van der Waals surface area contributed by atoms with Gasteiger partial charge in [0.05, 0.1) is 6.10 Å². The fourth-order valence-corrected chi connectivity index (χ4v) is 5.35. The van der Waals surface area contributed by atoms with Crippen LogP contribution in [0.2, 0.25) is 0 Å². The Balaban J connectivity index is 0.00000210. The largest absolute Gasteiger partial charge is 0.388 e. The second-order valence-electron chi connectivity index (χ2n) is 7.95. The normalized spacial score (nSPS) is 23.9. The molecule has 0 radical (unpaired) electrons. The lowest BCUT2D eigenvalue weighted by Gasteiger charge is -2.34. The van der Waals surface area contributed by atoms with Crippen molar-refractivity contribution < 1.29 is 5.11 Å². The number of aliphatic hydroxyl groups excluding tert-OH is 1. The Morgan fingerprint density at radius 2 is 1.70 bits per heavy atom. The molecule has 1 heterocycles. The van der Waals surface area contributed by atoms with Crippen LogP contribution in [0.25, 0.3) is 0 Å². The van der Waals surface area contributed by atoms with Gasteiger partial charge in [0, 0.05) is 11.0 Å². The monoisotopic (exact) mass is 449 g/mol. The summed E-state index contributed by atoms with van der Waals surface area (Å²) in [5, 5.41) is 10.7. The number of likely N-dealkylation sites (tertiary alicyclic amines) is 1. The summed E-state index contributed by atoms with van der Waals surface area (Å²) in [6.07, 6.45) is 5.32. The summed E-state index contributed by atoms with van der Waals surface area (Å²) in [5.74, 6) is 1.30. The van der Waals surface area contributed by atoms with Gasteiger partial charge in [-0.25, -0.2) is 0 Å². The molecule has 27 heavy (non-hydrogen) atoms. The molecule has 1 saturated heterocycles. The third-order valence-electron chi connectivity index (χ3n) is 6.25. The van der Waals surface area contributed by atoms with E-state index in [1.807, 2.05) is 6.07 Å². The van der Waals surface area contributed by atoms with E-state index in [0.29, 0.717) is 11.8 Å². The molecule has 4 heteroatoms. The van der Waals surface area contributed by atoms with Gasteiger partial charge in [0.15, 0.2) is 0 Å². The highest BCUT2D eigenvalue weighted by atomic mass is 79.9. The summed E-state index contributed by atoms with van der Waals surface area (Å²) in [5.41, 5.74) is 3.94. The fourth-order valence-electron chi connectivity index (χ4n) is 4.77. The Morgan fingerprint density at radius 3 is 2.44 bits per heavy atom. The quantitative estimate of drug-likeness (QED) is 0.603. The third kappa shape index (κ3) is 4.95. The number of aliphatic hydroxyl groups is 1. The van der Waals surface area contributed by atoms with Gasteiger partial charge in [-0.2, -0.15) is 0 Å². The number of benzene rings is 2. The van der Waals surface area contributed by atoms with Crippen LogP contribution >= 0.6 is 28.3 Å². The van der Waals surface area contributed by atoms with E-state index in [-0.39, 0.29) is 18.5 Å². The van der Waals surface area contributed by atoms with E-state index >= 15 is 0 Å². The van der Waals surface area contributed by atoms with Crippen molar-refractivity contribution in [3.63, 3.8) is 0 Å². The standard InChI is InChI=1S/C23H28BrNO.ClH/c24-22-8-4-7-21-20(22)10-9-17(15-23(21)26)16-25-13-11-19(12-14-25)18-5-2-1-3-6-18;/h1-8,17,19,23,26H,9-16H2;1H/t17-,23-;/m1./s1. The van der Waals surface area contributed by atoms with Gasteiger partial charge < -0.3 is 10.0 Å². The summed E-state index contributed by atoms with van der Waals surface area (Å²) in [6, 6.07) is 17.2. The smallest absolute Gasteiger partial charge is 0.0796 e. The molecule has 2 aromatic carbocycles. The minimum Gasteiger partial charge on any atom is -0.388 e. The fraction of sp³-hybridized carbons (Fsp3) is 0.478. The maximum atomic E-state index is 10.7. The molecule has 1 N–H and O–H groups in total. The zero-order valence-corrected chi connectivity index (χ0v) is 18.1. The summed E-state index contributed by atoms with van der Waals surface area (Å²) in [4.78, 5) is 2.63. The number of fused-ring (bicyclic) bond motifs is 1. The van der Waals surface area contributed by atoms with Crippen molar-refractivity contribution in [3.05, 3.63) is 69.7 Å². The summed E-state index contributed by atoms with van der Waals surface area (Å²) < 4.78 is 1.15. The lowest BCUT2D eigenvalue weighted by Crippen LogP contribution is -2.36. The van der Waals surface area contributed by atoms with Gasteiger partial charge in [0.1, 0.15) is 0 Å². The highest BCUT2D eigenvalue weighted by Crippen LogP contribution is 2.36. The maximum absolute atomic E-state index is 10.7. The SMILES string of the molecule is Cl.O[C@@H]1C[C@H](CN2CCC(c3ccccc3)CC2)CCc2c(Br)cccc21. The molecule has 4 rings (SSSR count). The van der Waals surface area contributed by atoms with Gasteiger partial charge in [0.2, 0.25) is 0 Å². The molecule has 0 unspecified atom stereocenters. The van der Waals surface area contributed by atoms with E-state index in [9.17, 15) is 5.11 Å². The van der Waals surface area contributed by atoms with E-state index in [1.165, 1.54) is 43.5 Å². The predicted octanol–water partition coefficient (Wildman–Crippen LogP) is 5.74. The van der Waals surface area contributed by atoms with E-state index in [4.69, 9.17) is 0 Å². The predicted molar refractivity (Wildman–Crippen MR) is 118 cm³/mol. The van der Waals surface area contributed by atoms with Crippen LogP contribution in [0.15, 0.2) is 53.0 Å². The van der Waals surface area contributed by atoms with Crippen molar-refractivity contribution in [1.82, 2.24) is 4.90 Å². The highest BCUT2D eigenvalue weighted by molar-refractivity contribution is 9.10. The topological polar surface area (TPSA) is 23.5 Å². The molecule has 146 valence electrons. The Labute approximate surface area is 177 Å². The third-order valence-corrected chi connectivity index (χ3v) is 6.99. The van der Waals surface area contributed by atoms with Crippen molar-refractivity contribution in [1.29, 1.82) is 0 Å². The number of hydrogen-bond acceptors (Lipinski definition) is 2. The summed E-state index contributed by atoms with van der Waals surface area (Å²) >= 11 is 3.67. The van der Waals surface area contributed by atoms with Gasteiger partial charge in [-0.1, -0.05) is 58.4 Å². The van der Waals surface area contributed by atoms with Crippen molar-refractivity contribution in [3.8, 4) is 0 Å². The molecule has 2 aromatic rings. The molecule has 0 bridgehead atoms. The summed E-state index contributed by atoms with van der Waals surface area (Å²) in [6.45, 7) is 3.50. The number of nitrogens with zero attached hydrogens (tertiary/aromatic N) is 1. The molecule has 0 aromatic heterocycles. The van der Waals surface area contributed by atoms with E-state index < -0.39 is 0 Å². The first-order chi connectivity index (χ1) is 12.7. The summed E-state index contributed by atoms with van der Waals surface area (Å²) in [7, 11) is 0. The van der Waals surface area contributed by atoms with Gasteiger partial charge in [-0.15, -0.1) is 12.4 Å². The molecular formula is C23H29BrClNO. The minimum atomic E-state index is -0.322. The van der Waals surface area contributed by atoms with Gasteiger partial charge in [0.25, 0.3) is 0 Å². The second kappa shape index (κ2) is 9.56. The molecule has 2 aliphatic rings. The minimum absolute atomic E-state index is 0. The Kier molecular flexibility index (Phi) is 7.38. The van der Waals surface area contributed by atoms with Crippen LogP contribution < -0.4 is 0 Å². The Morgan fingerprint density at radius 1 is 0.963 bits per heavy atom. The molecule has 0 saturated carbocycles. The molecule has 0 spiro atoms. The molecule has 0 amide bonds. The average molecular weight is 451 g/mol. The Bertz CT molecular complexity index is 730. The molecule has 1 fully saturated rings. The highest BCUT2D eigenvalue weighted by Gasteiger charge is 2.27. The molecular weight excluding hydrogens is 422 g/mol. The van der Waals surface area contributed by atoms with Crippen molar-refractivity contribution in [2.45, 2.75) is 44.1 Å². The van der Waals surface area contributed by atoms with Crippen LogP contribution in [0.4, 0.5) is 0 Å². The van der Waals surface area contributed by atoms with Gasteiger partial charge in [-0.3, -0.25) is 0 Å². The average Bonchev–Trinajstić information content (AvgIpc) is 2.83. The second-order valence-corrected chi connectivity index (χ2v) is 8.80. The van der Waals surface area contributed by atoms with E-state index in [2.05, 4.69) is 63.3 Å². The van der Waals surface area contributed by atoms with Gasteiger partial charge in [-0.05, 0) is 79.8 Å². The maximum Gasteiger partial charge on any atom is 0.0796 e. The first kappa shape index (κ1) is 20.9. The molecule has 2 atom stereocenters. The van der Waals surface area contributed by atoms with Crippen molar-refractivity contribution >= 4 is 28.3 Å². The molecule has 2 nitrogen and oxygen atoms in total. The van der Waals surface area contributed by atoms with Crippen LogP contribution in [0.1, 0.15) is 54.4 Å². The van der Waals surface area contributed by atoms with Crippen LogP contribution in [0, 0.1) is 5.92 Å². The first-order valence-corrected chi connectivity index (χ1v) is 10.7. The number of hydrogen-bond donors (Lipinski definition) is 1. The molecule has 1 aliphatic heterocycles. The Hall–Kier alpha value is -0.870. The van der Waals surface area contributed by atoms with E-state index in [0.717, 1.165) is 29.4 Å². The number of piperidine rings is 1. The lowest BCUT2D eigenvalue weighted by atomic mass is 9.88. The van der Waals surface area contributed by atoms with Crippen molar-refractivity contribution in [2.75, 3.05) is 19.6 Å². The first-order valence-electron chi connectivity index (χ1n) is 9.93.